The summed E-state index contributed by atoms with van der Waals surface area (Å²) >= 11 is 0. The van der Waals surface area contributed by atoms with Crippen LogP contribution in [-0.4, -0.2) is 29.0 Å². The van der Waals surface area contributed by atoms with Crippen LogP contribution in [0.4, 0.5) is 0 Å². The molecule has 0 bridgehead atoms. The average Bonchev–Trinajstić information content (AvgIpc) is 2.25. The zero-order valence-electron chi connectivity index (χ0n) is 9.69. The van der Waals surface area contributed by atoms with Crippen molar-refractivity contribution in [2.75, 3.05) is 13.1 Å². The van der Waals surface area contributed by atoms with Crippen molar-refractivity contribution in [3.63, 3.8) is 0 Å². The Bertz CT molecular complexity index is 259. The van der Waals surface area contributed by atoms with Crippen LogP contribution in [0.1, 0.15) is 25.8 Å². The van der Waals surface area contributed by atoms with Crippen molar-refractivity contribution in [3.05, 3.63) is 30.1 Å². The predicted molar refractivity (Wildman–Crippen MR) is 63.5 cm³/mol. The molecule has 0 aliphatic heterocycles. The molecule has 0 saturated carbocycles. The summed E-state index contributed by atoms with van der Waals surface area (Å²) in [5.41, 5.74) is 6.80. The zero-order valence-corrected chi connectivity index (χ0v) is 9.69. The maximum atomic E-state index is 5.53. The first-order chi connectivity index (χ1) is 7.24. The second kappa shape index (κ2) is 6.53. The van der Waals surface area contributed by atoms with Crippen molar-refractivity contribution in [1.82, 2.24) is 9.88 Å². The molecule has 2 N–H and O–H groups in total. The van der Waals surface area contributed by atoms with Crippen LogP contribution in [0.5, 0.6) is 0 Å². The summed E-state index contributed by atoms with van der Waals surface area (Å²) in [7, 11) is 0. The number of nitrogens with zero attached hydrogens (tertiary/aromatic N) is 2. The van der Waals surface area contributed by atoms with Crippen LogP contribution in [-0.2, 0) is 6.54 Å². The molecule has 3 heteroatoms. The first kappa shape index (κ1) is 12.1. The lowest BCUT2D eigenvalue weighted by molar-refractivity contribution is 0.211. The fourth-order valence-electron chi connectivity index (χ4n) is 1.54. The minimum absolute atomic E-state index is 0.553. The van der Waals surface area contributed by atoms with Gasteiger partial charge in [-0.25, -0.2) is 0 Å². The smallest absolute Gasteiger partial charge is 0.0312 e. The van der Waals surface area contributed by atoms with Gasteiger partial charge < -0.3 is 5.73 Å². The van der Waals surface area contributed by atoms with Gasteiger partial charge in [0.1, 0.15) is 0 Å². The second-order valence-electron chi connectivity index (χ2n) is 4.07. The SMILES string of the molecule is CC(C)N(CCCN)Cc1cccnc1. The highest BCUT2D eigenvalue weighted by molar-refractivity contribution is 5.08. The quantitative estimate of drug-likeness (QED) is 0.771. The Kier molecular flexibility index (Phi) is 5.29. The predicted octanol–water partition coefficient (Wildman–Crippen LogP) is 1.64. The van der Waals surface area contributed by atoms with Gasteiger partial charge in [0.25, 0.3) is 0 Å². The molecule has 0 amide bonds. The summed E-state index contributed by atoms with van der Waals surface area (Å²) in [6, 6.07) is 4.65. The van der Waals surface area contributed by atoms with E-state index in [-0.39, 0.29) is 0 Å². The standard InChI is InChI=1S/C12H21N3/c1-11(2)15(8-4-6-13)10-12-5-3-7-14-9-12/h3,5,7,9,11H,4,6,8,10,13H2,1-2H3. The van der Waals surface area contributed by atoms with Crippen LogP contribution in [0.2, 0.25) is 0 Å². The summed E-state index contributed by atoms with van der Waals surface area (Å²) in [6.45, 7) is 7.21. The maximum Gasteiger partial charge on any atom is 0.0312 e. The molecule has 1 rings (SSSR count). The van der Waals surface area contributed by atoms with Crippen molar-refractivity contribution in [2.24, 2.45) is 5.73 Å². The van der Waals surface area contributed by atoms with Crippen LogP contribution in [0, 0.1) is 0 Å². The number of pyridine rings is 1. The molecule has 0 radical (unpaired) electrons. The van der Waals surface area contributed by atoms with Gasteiger partial charge in [0, 0.05) is 25.0 Å². The van der Waals surface area contributed by atoms with E-state index >= 15 is 0 Å². The Morgan fingerprint density at radius 3 is 2.80 bits per heavy atom. The van der Waals surface area contributed by atoms with Crippen LogP contribution in [0.15, 0.2) is 24.5 Å². The minimum Gasteiger partial charge on any atom is -0.330 e. The summed E-state index contributed by atoms with van der Waals surface area (Å²) < 4.78 is 0. The number of rotatable bonds is 6. The molecule has 0 saturated heterocycles. The van der Waals surface area contributed by atoms with E-state index in [0.717, 1.165) is 26.1 Å². The molecule has 0 unspecified atom stereocenters. The lowest BCUT2D eigenvalue weighted by atomic mass is 10.2. The molecule has 0 fully saturated rings. The van der Waals surface area contributed by atoms with Gasteiger partial charge in [0.2, 0.25) is 0 Å². The summed E-state index contributed by atoms with van der Waals surface area (Å²) in [5, 5.41) is 0. The number of hydrogen-bond acceptors (Lipinski definition) is 3. The topological polar surface area (TPSA) is 42.1 Å². The lowest BCUT2D eigenvalue weighted by Gasteiger charge is -2.26. The van der Waals surface area contributed by atoms with Gasteiger partial charge in [-0.3, -0.25) is 9.88 Å². The van der Waals surface area contributed by atoms with Gasteiger partial charge >= 0.3 is 0 Å². The molecular formula is C12H21N3. The highest BCUT2D eigenvalue weighted by atomic mass is 15.1. The van der Waals surface area contributed by atoms with Gasteiger partial charge in [-0.15, -0.1) is 0 Å². The zero-order chi connectivity index (χ0) is 11.1. The summed E-state index contributed by atoms with van der Waals surface area (Å²) in [6.07, 6.45) is 4.79. The van der Waals surface area contributed by atoms with Crippen molar-refractivity contribution in [2.45, 2.75) is 32.9 Å². The Balaban J connectivity index is 2.51. The molecule has 1 aromatic heterocycles. The molecule has 0 spiro atoms. The Labute approximate surface area is 92.3 Å². The van der Waals surface area contributed by atoms with E-state index in [1.54, 1.807) is 0 Å². The van der Waals surface area contributed by atoms with Gasteiger partial charge in [0.05, 0.1) is 0 Å². The first-order valence-electron chi connectivity index (χ1n) is 5.57. The molecule has 1 heterocycles. The van der Waals surface area contributed by atoms with Crippen LogP contribution in [0.25, 0.3) is 0 Å². The molecule has 15 heavy (non-hydrogen) atoms. The third-order valence-corrected chi connectivity index (χ3v) is 2.49. The normalized spacial score (nSPS) is 11.3. The maximum absolute atomic E-state index is 5.53. The molecule has 84 valence electrons. The van der Waals surface area contributed by atoms with E-state index in [1.165, 1.54) is 5.56 Å². The molecule has 0 atom stereocenters. The second-order valence-corrected chi connectivity index (χ2v) is 4.07. The van der Waals surface area contributed by atoms with Gasteiger partial charge in [-0.05, 0) is 45.0 Å². The first-order valence-corrected chi connectivity index (χ1v) is 5.57. The van der Waals surface area contributed by atoms with E-state index in [1.807, 2.05) is 18.5 Å². The van der Waals surface area contributed by atoms with E-state index in [9.17, 15) is 0 Å². The third-order valence-electron chi connectivity index (χ3n) is 2.49. The van der Waals surface area contributed by atoms with E-state index in [0.29, 0.717) is 6.04 Å². The Morgan fingerprint density at radius 1 is 1.47 bits per heavy atom. The molecule has 0 aliphatic rings. The van der Waals surface area contributed by atoms with Gasteiger partial charge in [-0.2, -0.15) is 0 Å². The Hall–Kier alpha value is -0.930. The van der Waals surface area contributed by atoms with Crippen molar-refractivity contribution in [1.29, 1.82) is 0 Å². The average molecular weight is 207 g/mol. The van der Waals surface area contributed by atoms with Crippen molar-refractivity contribution < 1.29 is 0 Å². The van der Waals surface area contributed by atoms with Gasteiger partial charge in [0.15, 0.2) is 0 Å². The van der Waals surface area contributed by atoms with Crippen molar-refractivity contribution >= 4 is 0 Å². The van der Waals surface area contributed by atoms with Crippen LogP contribution < -0.4 is 5.73 Å². The summed E-state index contributed by atoms with van der Waals surface area (Å²) in [4.78, 5) is 6.55. The molecular weight excluding hydrogens is 186 g/mol. The third kappa shape index (κ3) is 4.40. The molecule has 1 aromatic rings. The van der Waals surface area contributed by atoms with E-state index in [4.69, 9.17) is 5.73 Å². The highest BCUT2D eigenvalue weighted by Crippen LogP contribution is 2.07. The van der Waals surface area contributed by atoms with Crippen LogP contribution in [0.3, 0.4) is 0 Å². The largest absolute Gasteiger partial charge is 0.330 e. The van der Waals surface area contributed by atoms with E-state index < -0.39 is 0 Å². The van der Waals surface area contributed by atoms with E-state index in [2.05, 4.69) is 29.8 Å². The summed E-state index contributed by atoms with van der Waals surface area (Å²) in [5.74, 6) is 0. The molecule has 3 nitrogen and oxygen atoms in total. The molecule has 0 aromatic carbocycles. The van der Waals surface area contributed by atoms with Crippen LogP contribution >= 0.6 is 0 Å². The lowest BCUT2D eigenvalue weighted by Crippen LogP contribution is -2.32. The number of hydrogen-bond donors (Lipinski definition) is 1. The Morgan fingerprint density at radius 2 is 2.27 bits per heavy atom. The number of nitrogens with two attached hydrogens (primary N) is 1. The minimum atomic E-state index is 0.553. The van der Waals surface area contributed by atoms with Crippen molar-refractivity contribution in [3.8, 4) is 0 Å². The molecule has 0 aliphatic carbocycles. The fraction of sp³-hybridized carbons (Fsp3) is 0.583. The monoisotopic (exact) mass is 207 g/mol. The van der Waals surface area contributed by atoms with Gasteiger partial charge in [-0.1, -0.05) is 6.07 Å². The number of aromatic nitrogens is 1. The highest BCUT2D eigenvalue weighted by Gasteiger charge is 2.08. The fourth-order valence-corrected chi connectivity index (χ4v) is 1.54.